The molecule has 0 saturated carbocycles. The third-order valence-electron chi connectivity index (χ3n) is 3.83. The van der Waals surface area contributed by atoms with E-state index in [-0.39, 0.29) is 6.04 Å². The smallest absolute Gasteiger partial charge is 0.0367 e. The van der Waals surface area contributed by atoms with Gasteiger partial charge in [0.25, 0.3) is 0 Å². The summed E-state index contributed by atoms with van der Waals surface area (Å²) in [5, 5.41) is 0. The maximum atomic E-state index is 5.87. The molecular weight excluding hydrogens is 222 g/mol. The number of nitrogens with zero attached hydrogens (tertiary/aromatic N) is 2. The Morgan fingerprint density at radius 3 is 1.94 bits per heavy atom. The maximum Gasteiger partial charge on any atom is 0.0367 e. The van der Waals surface area contributed by atoms with Crippen LogP contribution in [0.2, 0.25) is 0 Å². The van der Waals surface area contributed by atoms with E-state index in [1.54, 1.807) is 0 Å². The summed E-state index contributed by atoms with van der Waals surface area (Å²) in [5.41, 5.74) is 8.40. The minimum Gasteiger partial charge on any atom is -0.369 e. The molecule has 1 heterocycles. The fourth-order valence-corrected chi connectivity index (χ4v) is 2.49. The third kappa shape index (κ3) is 3.03. The number of anilines is 1. The van der Waals surface area contributed by atoms with Crippen molar-refractivity contribution in [1.82, 2.24) is 4.90 Å². The molecule has 1 unspecified atom stereocenters. The van der Waals surface area contributed by atoms with Crippen molar-refractivity contribution in [1.29, 1.82) is 0 Å². The molecule has 2 rings (SSSR count). The Kier molecular flexibility index (Phi) is 4.25. The van der Waals surface area contributed by atoms with E-state index in [9.17, 15) is 0 Å². The normalized spacial score (nSPS) is 19.3. The summed E-state index contributed by atoms with van der Waals surface area (Å²) in [4.78, 5) is 5.00. The van der Waals surface area contributed by atoms with Crippen molar-refractivity contribution in [3.05, 3.63) is 29.8 Å². The van der Waals surface area contributed by atoms with E-state index in [1.807, 2.05) is 6.92 Å². The fraction of sp³-hybridized carbons (Fsp3) is 0.600. The van der Waals surface area contributed by atoms with E-state index in [0.29, 0.717) is 6.04 Å². The second-order valence-corrected chi connectivity index (χ2v) is 5.50. The summed E-state index contributed by atoms with van der Waals surface area (Å²) in [6.07, 6.45) is 0. The number of benzene rings is 1. The molecular formula is C15H25N3. The first-order chi connectivity index (χ1) is 8.58. The Morgan fingerprint density at radius 1 is 0.944 bits per heavy atom. The zero-order valence-electron chi connectivity index (χ0n) is 11.8. The summed E-state index contributed by atoms with van der Waals surface area (Å²) in [7, 11) is 0. The van der Waals surface area contributed by atoms with Crippen molar-refractivity contribution < 1.29 is 0 Å². The highest BCUT2D eigenvalue weighted by molar-refractivity contribution is 5.48. The van der Waals surface area contributed by atoms with E-state index < -0.39 is 0 Å². The van der Waals surface area contributed by atoms with Gasteiger partial charge in [-0.15, -0.1) is 0 Å². The summed E-state index contributed by atoms with van der Waals surface area (Å²) >= 11 is 0. The van der Waals surface area contributed by atoms with Gasteiger partial charge < -0.3 is 10.6 Å². The SMILES string of the molecule is CC(N)c1ccc(N2CCN(C(C)C)CC2)cc1. The van der Waals surface area contributed by atoms with Crippen LogP contribution in [0.1, 0.15) is 32.4 Å². The van der Waals surface area contributed by atoms with Gasteiger partial charge in [0.2, 0.25) is 0 Å². The number of hydrogen-bond donors (Lipinski definition) is 1. The first kappa shape index (κ1) is 13.4. The van der Waals surface area contributed by atoms with E-state index in [0.717, 1.165) is 26.2 Å². The van der Waals surface area contributed by atoms with Crippen molar-refractivity contribution >= 4 is 5.69 Å². The summed E-state index contributed by atoms with van der Waals surface area (Å²) in [6.45, 7) is 11.1. The van der Waals surface area contributed by atoms with E-state index >= 15 is 0 Å². The summed E-state index contributed by atoms with van der Waals surface area (Å²) in [5.74, 6) is 0. The molecule has 0 amide bonds. The third-order valence-corrected chi connectivity index (χ3v) is 3.83. The molecule has 1 aromatic carbocycles. The van der Waals surface area contributed by atoms with Crippen LogP contribution in [-0.2, 0) is 0 Å². The highest BCUT2D eigenvalue weighted by Crippen LogP contribution is 2.20. The largest absolute Gasteiger partial charge is 0.369 e. The van der Waals surface area contributed by atoms with Crippen molar-refractivity contribution in [2.45, 2.75) is 32.9 Å². The fourth-order valence-electron chi connectivity index (χ4n) is 2.49. The van der Waals surface area contributed by atoms with Gasteiger partial charge >= 0.3 is 0 Å². The number of hydrogen-bond acceptors (Lipinski definition) is 3. The molecule has 100 valence electrons. The van der Waals surface area contributed by atoms with E-state index in [2.05, 4.69) is 47.9 Å². The molecule has 0 spiro atoms. The average Bonchev–Trinajstić information content (AvgIpc) is 2.39. The van der Waals surface area contributed by atoms with Gasteiger partial charge in [-0.05, 0) is 38.5 Å². The molecule has 1 aromatic rings. The lowest BCUT2D eigenvalue weighted by Crippen LogP contribution is -2.48. The van der Waals surface area contributed by atoms with Gasteiger partial charge in [-0.1, -0.05) is 12.1 Å². The first-order valence-corrected chi connectivity index (χ1v) is 6.92. The lowest BCUT2D eigenvalue weighted by Gasteiger charge is -2.38. The molecule has 0 aromatic heterocycles. The van der Waals surface area contributed by atoms with Crippen LogP contribution in [0.5, 0.6) is 0 Å². The minimum absolute atomic E-state index is 0.122. The monoisotopic (exact) mass is 247 g/mol. The van der Waals surface area contributed by atoms with Gasteiger partial charge in [0.05, 0.1) is 0 Å². The summed E-state index contributed by atoms with van der Waals surface area (Å²) < 4.78 is 0. The van der Waals surface area contributed by atoms with Crippen LogP contribution in [-0.4, -0.2) is 37.1 Å². The molecule has 0 bridgehead atoms. The lowest BCUT2D eigenvalue weighted by atomic mass is 10.1. The predicted molar refractivity (Wildman–Crippen MR) is 78.0 cm³/mol. The highest BCUT2D eigenvalue weighted by Gasteiger charge is 2.18. The zero-order valence-corrected chi connectivity index (χ0v) is 11.8. The molecule has 1 atom stereocenters. The number of piperazine rings is 1. The maximum absolute atomic E-state index is 5.87. The first-order valence-electron chi connectivity index (χ1n) is 6.92. The summed E-state index contributed by atoms with van der Waals surface area (Å²) in [6, 6.07) is 9.47. The van der Waals surface area contributed by atoms with Crippen LogP contribution in [0.4, 0.5) is 5.69 Å². The van der Waals surface area contributed by atoms with Crippen molar-refractivity contribution in [3.63, 3.8) is 0 Å². The molecule has 1 fully saturated rings. The standard InChI is InChI=1S/C15H25N3/c1-12(2)17-8-10-18(11-9-17)15-6-4-14(5-7-15)13(3)16/h4-7,12-13H,8-11,16H2,1-3H3. The molecule has 0 aliphatic carbocycles. The van der Waals surface area contributed by atoms with Gasteiger partial charge in [0.1, 0.15) is 0 Å². The Labute approximate surface area is 111 Å². The molecule has 1 saturated heterocycles. The van der Waals surface area contributed by atoms with Crippen LogP contribution in [0, 0.1) is 0 Å². The van der Waals surface area contributed by atoms with Gasteiger partial charge in [-0.3, -0.25) is 4.90 Å². The molecule has 0 radical (unpaired) electrons. The van der Waals surface area contributed by atoms with E-state index in [1.165, 1.54) is 11.3 Å². The molecule has 2 N–H and O–H groups in total. The van der Waals surface area contributed by atoms with Crippen LogP contribution in [0.3, 0.4) is 0 Å². The topological polar surface area (TPSA) is 32.5 Å². The molecule has 3 heteroatoms. The number of rotatable bonds is 3. The van der Waals surface area contributed by atoms with Crippen LogP contribution >= 0.6 is 0 Å². The van der Waals surface area contributed by atoms with Gasteiger partial charge in [-0.2, -0.15) is 0 Å². The quantitative estimate of drug-likeness (QED) is 0.889. The van der Waals surface area contributed by atoms with Gasteiger partial charge in [0.15, 0.2) is 0 Å². The Bertz CT molecular complexity index is 362. The molecule has 3 nitrogen and oxygen atoms in total. The predicted octanol–water partition coefficient (Wildman–Crippen LogP) is 2.24. The zero-order chi connectivity index (χ0) is 13.1. The van der Waals surface area contributed by atoms with Gasteiger partial charge in [0, 0.05) is 44.0 Å². The Morgan fingerprint density at radius 2 is 1.50 bits per heavy atom. The van der Waals surface area contributed by atoms with Crippen molar-refractivity contribution in [3.8, 4) is 0 Å². The second kappa shape index (κ2) is 5.72. The minimum atomic E-state index is 0.122. The lowest BCUT2D eigenvalue weighted by molar-refractivity contribution is 0.209. The highest BCUT2D eigenvalue weighted by atomic mass is 15.3. The van der Waals surface area contributed by atoms with Crippen LogP contribution in [0.15, 0.2) is 24.3 Å². The second-order valence-electron chi connectivity index (χ2n) is 5.50. The number of nitrogens with two attached hydrogens (primary N) is 1. The molecule has 1 aliphatic rings. The Hall–Kier alpha value is -1.06. The van der Waals surface area contributed by atoms with Crippen molar-refractivity contribution in [2.24, 2.45) is 5.73 Å². The van der Waals surface area contributed by atoms with Crippen LogP contribution < -0.4 is 10.6 Å². The molecule has 18 heavy (non-hydrogen) atoms. The van der Waals surface area contributed by atoms with Crippen molar-refractivity contribution in [2.75, 3.05) is 31.1 Å². The van der Waals surface area contributed by atoms with E-state index in [4.69, 9.17) is 5.73 Å². The molecule has 1 aliphatic heterocycles. The van der Waals surface area contributed by atoms with Crippen LogP contribution in [0.25, 0.3) is 0 Å². The average molecular weight is 247 g/mol. The Balaban J connectivity index is 1.97. The van der Waals surface area contributed by atoms with Gasteiger partial charge in [-0.25, -0.2) is 0 Å².